The van der Waals surface area contributed by atoms with E-state index in [9.17, 15) is 9.59 Å². The molecule has 1 aliphatic carbocycles. The SMILES string of the molecule is O=C(Cc1c[nH]c2c(c1=O)CCCC2)NCc1ccc2c(c1)OCO2. The van der Waals surface area contributed by atoms with Gasteiger partial charge in [-0.3, -0.25) is 9.59 Å². The van der Waals surface area contributed by atoms with Crippen LogP contribution in [0.15, 0.2) is 29.2 Å². The zero-order chi connectivity index (χ0) is 17.2. The van der Waals surface area contributed by atoms with Crippen molar-refractivity contribution in [2.75, 3.05) is 6.79 Å². The number of aromatic amines is 1. The Labute approximate surface area is 145 Å². The topological polar surface area (TPSA) is 80.4 Å². The van der Waals surface area contributed by atoms with Crippen molar-refractivity contribution in [1.29, 1.82) is 0 Å². The second-order valence-electron chi connectivity index (χ2n) is 6.45. The van der Waals surface area contributed by atoms with Gasteiger partial charge in [0.05, 0.1) is 6.42 Å². The third-order valence-corrected chi connectivity index (χ3v) is 4.73. The number of pyridine rings is 1. The van der Waals surface area contributed by atoms with E-state index in [0.717, 1.165) is 48.3 Å². The van der Waals surface area contributed by atoms with Gasteiger partial charge < -0.3 is 19.8 Å². The standard InChI is InChI=1S/C19H20N2O4/c22-18(21-9-12-5-6-16-17(7-12)25-11-24-16)8-13-10-20-15-4-2-1-3-14(15)19(13)23/h5-7,10H,1-4,8-9,11H2,(H,20,23)(H,21,22). The van der Waals surface area contributed by atoms with E-state index in [1.807, 2.05) is 18.2 Å². The van der Waals surface area contributed by atoms with Gasteiger partial charge in [-0.2, -0.15) is 0 Å². The van der Waals surface area contributed by atoms with E-state index in [1.54, 1.807) is 6.20 Å². The first-order valence-corrected chi connectivity index (χ1v) is 8.58. The van der Waals surface area contributed by atoms with Crippen LogP contribution >= 0.6 is 0 Å². The molecule has 0 unspecified atom stereocenters. The van der Waals surface area contributed by atoms with Crippen LogP contribution < -0.4 is 20.2 Å². The van der Waals surface area contributed by atoms with Crippen LogP contribution in [0.25, 0.3) is 0 Å². The average Bonchev–Trinajstić information content (AvgIpc) is 3.10. The second kappa shape index (κ2) is 6.63. The maximum absolute atomic E-state index is 12.5. The molecule has 2 aromatic rings. The van der Waals surface area contributed by atoms with E-state index < -0.39 is 0 Å². The summed E-state index contributed by atoms with van der Waals surface area (Å²) >= 11 is 0. The predicted octanol–water partition coefficient (Wildman–Crippen LogP) is 1.84. The Morgan fingerprint density at radius 3 is 2.92 bits per heavy atom. The van der Waals surface area contributed by atoms with Gasteiger partial charge in [-0.15, -0.1) is 0 Å². The van der Waals surface area contributed by atoms with Crippen molar-refractivity contribution in [2.45, 2.75) is 38.6 Å². The molecule has 0 saturated carbocycles. The Morgan fingerprint density at radius 2 is 2.00 bits per heavy atom. The second-order valence-corrected chi connectivity index (χ2v) is 6.45. The number of nitrogens with one attached hydrogen (secondary N) is 2. The first kappa shape index (κ1) is 15.7. The summed E-state index contributed by atoms with van der Waals surface area (Å²) in [7, 11) is 0. The Balaban J connectivity index is 1.40. The number of aromatic nitrogens is 1. The molecule has 6 nitrogen and oxygen atoms in total. The smallest absolute Gasteiger partial charge is 0.231 e. The molecule has 0 spiro atoms. The molecule has 1 aromatic carbocycles. The van der Waals surface area contributed by atoms with E-state index in [0.29, 0.717) is 17.9 Å². The fraction of sp³-hybridized carbons (Fsp3) is 0.368. The highest BCUT2D eigenvalue weighted by Crippen LogP contribution is 2.32. The number of H-pyrrole nitrogens is 1. The molecule has 1 aliphatic heterocycles. The number of carbonyl (C=O) groups excluding carboxylic acids is 1. The molecular weight excluding hydrogens is 320 g/mol. The van der Waals surface area contributed by atoms with Crippen molar-refractivity contribution in [1.82, 2.24) is 10.3 Å². The van der Waals surface area contributed by atoms with Crippen LogP contribution in [0.2, 0.25) is 0 Å². The summed E-state index contributed by atoms with van der Waals surface area (Å²) in [5.74, 6) is 1.24. The van der Waals surface area contributed by atoms with Gasteiger partial charge in [0.15, 0.2) is 16.9 Å². The molecule has 1 amide bonds. The lowest BCUT2D eigenvalue weighted by atomic mass is 9.94. The van der Waals surface area contributed by atoms with Gasteiger partial charge in [0, 0.05) is 29.6 Å². The van der Waals surface area contributed by atoms with Gasteiger partial charge >= 0.3 is 0 Å². The summed E-state index contributed by atoms with van der Waals surface area (Å²) in [6.45, 7) is 0.616. The minimum atomic E-state index is -0.168. The maximum Gasteiger partial charge on any atom is 0.231 e. The van der Waals surface area contributed by atoms with E-state index in [-0.39, 0.29) is 24.5 Å². The zero-order valence-corrected chi connectivity index (χ0v) is 13.9. The molecule has 0 bridgehead atoms. The molecular formula is C19H20N2O4. The summed E-state index contributed by atoms with van der Waals surface area (Å²) in [5.41, 5.74) is 3.36. The molecule has 2 heterocycles. The largest absolute Gasteiger partial charge is 0.454 e. The number of amides is 1. The summed E-state index contributed by atoms with van der Waals surface area (Å²) in [6.07, 6.45) is 5.65. The molecule has 25 heavy (non-hydrogen) atoms. The Kier molecular flexibility index (Phi) is 4.17. The highest BCUT2D eigenvalue weighted by molar-refractivity contribution is 5.78. The third-order valence-electron chi connectivity index (χ3n) is 4.73. The van der Waals surface area contributed by atoms with Gasteiger partial charge in [0.1, 0.15) is 0 Å². The van der Waals surface area contributed by atoms with E-state index >= 15 is 0 Å². The Hall–Kier alpha value is -2.76. The zero-order valence-electron chi connectivity index (χ0n) is 13.9. The van der Waals surface area contributed by atoms with Crippen LogP contribution in [0.1, 0.15) is 35.2 Å². The highest BCUT2D eigenvalue weighted by Gasteiger charge is 2.17. The van der Waals surface area contributed by atoms with Gasteiger partial charge in [-0.1, -0.05) is 6.07 Å². The van der Waals surface area contributed by atoms with E-state index in [4.69, 9.17) is 9.47 Å². The van der Waals surface area contributed by atoms with Crippen molar-refractivity contribution >= 4 is 5.91 Å². The quantitative estimate of drug-likeness (QED) is 0.890. The molecule has 2 N–H and O–H groups in total. The first-order chi connectivity index (χ1) is 12.2. The molecule has 130 valence electrons. The summed E-state index contributed by atoms with van der Waals surface area (Å²) in [6, 6.07) is 5.58. The monoisotopic (exact) mass is 340 g/mol. The Morgan fingerprint density at radius 1 is 1.16 bits per heavy atom. The fourth-order valence-electron chi connectivity index (χ4n) is 3.37. The van der Waals surface area contributed by atoms with Crippen molar-refractivity contribution in [3.8, 4) is 11.5 Å². The summed E-state index contributed by atoms with van der Waals surface area (Å²) < 4.78 is 10.6. The van der Waals surface area contributed by atoms with Crippen molar-refractivity contribution in [2.24, 2.45) is 0 Å². The van der Waals surface area contributed by atoms with Crippen LogP contribution in [0.5, 0.6) is 11.5 Å². The van der Waals surface area contributed by atoms with Gasteiger partial charge in [-0.25, -0.2) is 0 Å². The molecule has 0 fully saturated rings. The number of hydrogen-bond acceptors (Lipinski definition) is 4. The van der Waals surface area contributed by atoms with Gasteiger partial charge in [0.2, 0.25) is 12.7 Å². The number of carbonyl (C=O) groups is 1. The van der Waals surface area contributed by atoms with Crippen molar-refractivity contribution < 1.29 is 14.3 Å². The number of aryl methyl sites for hydroxylation is 1. The van der Waals surface area contributed by atoms with Crippen LogP contribution in [0.3, 0.4) is 0 Å². The molecule has 6 heteroatoms. The summed E-state index contributed by atoms with van der Waals surface area (Å²) in [5, 5.41) is 2.86. The molecule has 2 aliphatic rings. The highest BCUT2D eigenvalue weighted by atomic mass is 16.7. The third kappa shape index (κ3) is 3.24. The first-order valence-electron chi connectivity index (χ1n) is 8.58. The summed E-state index contributed by atoms with van der Waals surface area (Å²) in [4.78, 5) is 27.9. The number of ether oxygens (including phenoxy) is 2. The van der Waals surface area contributed by atoms with Crippen LogP contribution in [0.4, 0.5) is 0 Å². The number of fused-ring (bicyclic) bond motifs is 2. The van der Waals surface area contributed by atoms with Crippen LogP contribution in [0, 0.1) is 0 Å². The van der Waals surface area contributed by atoms with E-state index in [1.165, 1.54) is 0 Å². The molecule has 0 radical (unpaired) electrons. The lowest BCUT2D eigenvalue weighted by Gasteiger charge is -2.15. The van der Waals surface area contributed by atoms with Crippen LogP contribution in [-0.4, -0.2) is 17.7 Å². The minimum Gasteiger partial charge on any atom is -0.454 e. The number of rotatable bonds is 4. The van der Waals surface area contributed by atoms with Crippen LogP contribution in [-0.2, 0) is 30.6 Å². The number of benzene rings is 1. The minimum absolute atomic E-state index is 0.0201. The van der Waals surface area contributed by atoms with Crippen molar-refractivity contribution in [3.05, 3.63) is 57.0 Å². The number of hydrogen-bond donors (Lipinski definition) is 2. The normalized spacial score (nSPS) is 14.9. The molecule has 4 rings (SSSR count). The lowest BCUT2D eigenvalue weighted by molar-refractivity contribution is -0.120. The fourth-order valence-corrected chi connectivity index (χ4v) is 3.37. The van der Waals surface area contributed by atoms with Gasteiger partial charge in [-0.05, 0) is 43.4 Å². The maximum atomic E-state index is 12.5. The van der Waals surface area contributed by atoms with Gasteiger partial charge in [0.25, 0.3) is 0 Å². The molecule has 0 saturated heterocycles. The average molecular weight is 340 g/mol. The Bertz CT molecular complexity index is 872. The van der Waals surface area contributed by atoms with Crippen molar-refractivity contribution in [3.63, 3.8) is 0 Å². The molecule has 1 aromatic heterocycles. The molecule has 0 atom stereocenters. The van der Waals surface area contributed by atoms with E-state index in [2.05, 4.69) is 10.3 Å². The predicted molar refractivity (Wildman–Crippen MR) is 91.8 cm³/mol. The lowest BCUT2D eigenvalue weighted by Crippen LogP contribution is -2.29.